The number of unbranched alkanes of at least 4 members (excludes halogenated alkanes) is 1. The maximum Gasteiger partial charge on any atom is 0.277 e. The molecule has 1 aliphatic heterocycles. The predicted molar refractivity (Wildman–Crippen MR) is 178 cm³/mol. The minimum Gasteiger partial charge on any atom is -0.494 e. The van der Waals surface area contributed by atoms with Gasteiger partial charge in [0.1, 0.15) is 11.8 Å². The first-order valence-electron chi connectivity index (χ1n) is 15.4. The Morgan fingerprint density at radius 2 is 1.49 bits per heavy atom. The zero-order chi connectivity index (χ0) is 35.3. The van der Waals surface area contributed by atoms with Gasteiger partial charge in [-0.15, -0.1) is 0 Å². The number of ether oxygens (including phenoxy) is 1. The third kappa shape index (κ3) is 8.08. The molecule has 0 unspecified atom stereocenters. The van der Waals surface area contributed by atoms with E-state index in [1.807, 2.05) is 6.92 Å². The minimum atomic E-state index is -4.23. The molecule has 0 radical (unpaired) electrons. The molecule has 14 nitrogen and oxygen atoms in total. The number of nitrogens with zero attached hydrogens (tertiary/aromatic N) is 4. The van der Waals surface area contributed by atoms with Crippen LogP contribution in [0, 0.1) is 27.2 Å². The van der Waals surface area contributed by atoms with Crippen molar-refractivity contribution in [3.8, 4) is 5.75 Å². The van der Waals surface area contributed by atoms with E-state index in [0.29, 0.717) is 23.5 Å². The van der Waals surface area contributed by atoms with Gasteiger partial charge in [0.15, 0.2) is 6.17 Å². The van der Waals surface area contributed by atoms with Crippen LogP contribution < -0.4 is 9.46 Å². The van der Waals surface area contributed by atoms with Crippen LogP contribution in [0.2, 0.25) is 0 Å². The van der Waals surface area contributed by atoms with E-state index in [4.69, 9.17) is 4.74 Å². The highest BCUT2D eigenvalue weighted by Crippen LogP contribution is 2.44. The number of nitro benzene ring substituents is 2. The summed E-state index contributed by atoms with van der Waals surface area (Å²) in [5, 5.41) is 25.2. The highest BCUT2D eigenvalue weighted by Gasteiger charge is 2.55. The van der Waals surface area contributed by atoms with Gasteiger partial charge in [-0.1, -0.05) is 73.5 Å². The van der Waals surface area contributed by atoms with Crippen molar-refractivity contribution < 1.29 is 32.6 Å². The average Bonchev–Trinajstić information content (AvgIpc) is 3.83. The first-order valence-corrected chi connectivity index (χ1v) is 16.8. The maximum atomic E-state index is 14.4. The SMILES string of the molecule is CCCCOc1ccc([C@H]2N(C(=O)c3cc([N+](=O)[O-])cc([N+](=O)[O-])c3)N2C(=O)[C@H](Cc2ccccc2)NS(=O)(=O)c2ccc(C)cc2)cc1. The molecule has 2 atom stereocenters. The van der Waals surface area contributed by atoms with E-state index in [0.717, 1.165) is 46.6 Å². The molecule has 5 rings (SSSR count). The number of sulfonamides is 1. The number of hydrazine groups is 1. The number of hydrogen-bond acceptors (Lipinski definition) is 9. The van der Waals surface area contributed by atoms with Gasteiger partial charge in [-0.05, 0) is 55.2 Å². The zero-order valence-corrected chi connectivity index (χ0v) is 27.4. The number of nitro groups is 2. The molecule has 0 aromatic heterocycles. The Hall–Kier alpha value is -5.67. The van der Waals surface area contributed by atoms with Crippen LogP contribution >= 0.6 is 0 Å². The second kappa shape index (κ2) is 14.6. The molecular formula is C34H33N5O9S. The smallest absolute Gasteiger partial charge is 0.277 e. The fraction of sp³-hybridized carbons (Fsp3) is 0.235. The summed E-state index contributed by atoms with van der Waals surface area (Å²) in [4.78, 5) is 49.6. The molecule has 49 heavy (non-hydrogen) atoms. The minimum absolute atomic E-state index is 0.0678. The molecule has 0 spiro atoms. The van der Waals surface area contributed by atoms with E-state index in [1.165, 1.54) is 12.1 Å². The molecule has 1 saturated heterocycles. The van der Waals surface area contributed by atoms with E-state index in [-0.39, 0.29) is 11.3 Å². The molecule has 2 amide bonds. The van der Waals surface area contributed by atoms with Crippen molar-refractivity contribution in [2.45, 2.75) is 50.2 Å². The van der Waals surface area contributed by atoms with Crippen molar-refractivity contribution in [2.75, 3.05) is 6.61 Å². The van der Waals surface area contributed by atoms with Gasteiger partial charge in [-0.3, -0.25) is 29.8 Å². The molecule has 1 N–H and O–H groups in total. The van der Waals surface area contributed by atoms with Crippen molar-refractivity contribution in [1.82, 2.24) is 14.7 Å². The zero-order valence-electron chi connectivity index (χ0n) is 26.6. The molecule has 15 heteroatoms. The third-order valence-electron chi connectivity index (χ3n) is 7.80. The van der Waals surface area contributed by atoms with Gasteiger partial charge in [0.05, 0.1) is 33.0 Å². The van der Waals surface area contributed by atoms with E-state index in [2.05, 4.69) is 4.72 Å². The lowest BCUT2D eigenvalue weighted by Gasteiger charge is -2.19. The molecule has 1 heterocycles. The van der Waals surface area contributed by atoms with Crippen LogP contribution in [-0.4, -0.2) is 52.7 Å². The van der Waals surface area contributed by atoms with Crippen molar-refractivity contribution in [1.29, 1.82) is 0 Å². The number of rotatable bonds is 14. The van der Waals surface area contributed by atoms with Gasteiger partial charge in [-0.2, -0.15) is 4.72 Å². The topological polar surface area (TPSA) is 182 Å². The van der Waals surface area contributed by atoms with E-state index >= 15 is 0 Å². The second-order valence-electron chi connectivity index (χ2n) is 11.4. The highest BCUT2D eigenvalue weighted by atomic mass is 32.2. The second-order valence-corrected chi connectivity index (χ2v) is 13.1. The molecule has 4 aromatic carbocycles. The molecule has 1 aliphatic rings. The monoisotopic (exact) mass is 687 g/mol. The van der Waals surface area contributed by atoms with Gasteiger partial charge in [0.25, 0.3) is 23.2 Å². The normalized spacial score (nSPS) is 14.6. The Balaban J connectivity index is 1.54. The van der Waals surface area contributed by atoms with Gasteiger partial charge in [-0.25, -0.2) is 18.4 Å². The summed E-state index contributed by atoms with van der Waals surface area (Å²) in [7, 11) is -4.23. The van der Waals surface area contributed by atoms with E-state index in [1.54, 1.807) is 73.7 Å². The molecular weight excluding hydrogens is 654 g/mol. The summed E-state index contributed by atoms with van der Waals surface area (Å²) in [6.45, 7) is 4.32. The Labute approximate surface area is 282 Å². The van der Waals surface area contributed by atoms with Gasteiger partial charge in [0.2, 0.25) is 10.0 Å². The lowest BCUT2D eigenvalue weighted by atomic mass is 10.1. The fourth-order valence-electron chi connectivity index (χ4n) is 5.18. The van der Waals surface area contributed by atoms with Crippen molar-refractivity contribution in [3.05, 3.63) is 140 Å². The van der Waals surface area contributed by atoms with Crippen LogP contribution in [0.1, 0.15) is 53.0 Å². The summed E-state index contributed by atoms with van der Waals surface area (Å²) in [5.41, 5.74) is 0.141. The van der Waals surface area contributed by atoms with E-state index in [9.17, 15) is 38.2 Å². The number of aryl methyl sites for hydroxylation is 1. The number of amides is 2. The summed E-state index contributed by atoms with van der Waals surface area (Å²) < 4.78 is 35.3. The predicted octanol–water partition coefficient (Wildman–Crippen LogP) is 5.48. The first-order chi connectivity index (χ1) is 23.4. The third-order valence-corrected chi connectivity index (χ3v) is 9.29. The van der Waals surface area contributed by atoms with Gasteiger partial charge in [0, 0.05) is 12.1 Å². The van der Waals surface area contributed by atoms with Crippen LogP contribution in [0.25, 0.3) is 0 Å². The van der Waals surface area contributed by atoms with Crippen LogP contribution in [0.4, 0.5) is 11.4 Å². The summed E-state index contributed by atoms with van der Waals surface area (Å²) in [6.07, 6.45) is 0.626. The Bertz CT molecular complexity index is 1940. The highest BCUT2D eigenvalue weighted by molar-refractivity contribution is 7.89. The Morgan fingerprint density at radius 1 is 0.878 bits per heavy atom. The first kappa shape index (κ1) is 34.7. The lowest BCUT2D eigenvalue weighted by molar-refractivity contribution is -0.394. The number of carbonyl (C=O) groups is 2. The average molecular weight is 688 g/mol. The van der Waals surface area contributed by atoms with Crippen molar-refractivity contribution >= 4 is 33.2 Å². The standard InChI is InChI=1S/C34H33N5O9S/c1-3-4-18-48-29-14-12-25(13-15-29)32-36(33(40)26-20-27(38(42)43)22-28(21-26)39(44)45)37(32)34(41)31(19-24-8-6-5-7-9-24)35-49(46,47)30-16-10-23(2)11-17-30/h5-17,20-22,31-32,35H,3-4,18-19H2,1-2H3/t31-,32-,36?,37?/m0/s1. The van der Waals surface area contributed by atoms with Crippen LogP contribution in [0.3, 0.4) is 0 Å². The number of non-ortho nitro benzene ring substituents is 2. The van der Waals surface area contributed by atoms with Crippen molar-refractivity contribution in [2.24, 2.45) is 0 Å². The molecule has 0 bridgehead atoms. The lowest BCUT2D eigenvalue weighted by Crippen LogP contribution is -2.46. The number of benzene rings is 4. The fourth-order valence-corrected chi connectivity index (χ4v) is 6.37. The van der Waals surface area contributed by atoms with E-state index < -0.39 is 60.8 Å². The molecule has 4 aromatic rings. The number of nitrogens with one attached hydrogen (secondary N) is 1. The largest absolute Gasteiger partial charge is 0.494 e. The van der Waals surface area contributed by atoms with Crippen molar-refractivity contribution in [3.63, 3.8) is 0 Å². The van der Waals surface area contributed by atoms with Crippen LogP contribution in [0.15, 0.2) is 102 Å². The Kier molecular flexibility index (Phi) is 10.3. The maximum absolute atomic E-state index is 14.4. The molecule has 0 saturated carbocycles. The van der Waals surface area contributed by atoms with Gasteiger partial charge < -0.3 is 4.74 Å². The van der Waals surface area contributed by atoms with Gasteiger partial charge >= 0.3 is 0 Å². The number of carbonyl (C=O) groups excluding carboxylic acids is 2. The number of hydrogen-bond donors (Lipinski definition) is 1. The van der Waals surface area contributed by atoms with Crippen LogP contribution in [-0.2, 0) is 21.2 Å². The molecule has 0 aliphatic carbocycles. The summed E-state index contributed by atoms with van der Waals surface area (Å²) in [5.74, 6) is -1.18. The Morgan fingerprint density at radius 3 is 2.06 bits per heavy atom. The van der Waals surface area contributed by atoms with Crippen LogP contribution in [0.5, 0.6) is 5.75 Å². The summed E-state index contributed by atoms with van der Waals surface area (Å²) >= 11 is 0. The molecule has 254 valence electrons. The quantitative estimate of drug-likeness (QED) is 0.0777. The molecule has 1 fully saturated rings. The summed E-state index contributed by atoms with van der Waals surface area (Å²) in [6, 6.07) is 22.5.